The fourth-order valence-corrected chi connectivity index (χ4v) is 2.40. The van der Waals surface area contributed by atoms with E-state index in [1.807, 2.05) is 6.07 Å². The van der Waals surface area contributed by atoms with E-state index in [9.17, 15) is 4.39 Å². The van der Waals surface area contributed by atoms with Gasteiger partial charge in [-0.3, -0.25) is 0 Å². The lowest BCUT2D eigenvalue weighted by molar-refractivity contribution is 0.0247. The summed E-state index contributed by atoms with van der Waals surface area (Å²) in [5, 5.41) is 11.8. The van der Waals surface area contributed by atoms with E-state index in [4.69, 9.17) is 10.00 Å². The number of ether oxygens (including phenoxy) is 1. The Bertz CT molecular complexity index is 467. The molecule has 1 aromatic carbocycles. The summed E-state index contributed by atoms with van der Waals surface area (Å²) < 4.78 is 19.7. The molecule has 0 saturated carbocycles. The number of anilines is 1. The Kier molecular flexibility index (Phi) is 4.56. The van der Waals surface area contributed by atoms with Crippen molar-refractivity contribution in [2.75, 3.05) is 18.5 Å². The van der Waals surface area contributed by atoms with Crippen LogP contribution in [0, 0.1) is 17.1 Å². The first-order valence-corrected chi connectivity index (χ1v) is 6.75. The molecule has 0 bridgehead atoms. The van der Waals surface area contributed by atoms with Crippen LogP contribution >= 0.6 is 15.9 Å². The summed E-state index contributed by atoms with van der Waals surface area (Å²) in [6, 6.07) is 5.11. The molecule has 0 spiro atoms. The highest BCUT2D eigenvalue weighted by Crippen LogP contribution is 2.26. The van der Waals surface area contributed by atoms with E-state index in [2.05, 4.69) is 21.2 Å². The van der Waals surface area contributed by atoms with E-state index >= 15 is 0 Å². The number of hydrogen-bond acceptors (Lipinski definition) is 3. The van der Waals surface area contributed by atoms with E-state index in [1.54, 1.807) is 12.1 Å². The van der Waals surface area contributed by atoms with Crippen LogP contribution in [-0.2, 0) is 4.74 Å². The lowest BCUT2D eigenvalue weighted by Crippen LogP contribution is -2.27. The van der Waals surface area contributed by atoms with Gasteiger partial charge in [0.25, 0.3) is 0 Å². The molecule has 1 unspecified atom stereocenters. The van der Waals surface area contributed by atoms with Gasteiger partial charge in [-0.1, -0.05) is 0 Å². The van der Waals surface area contributed by atoms with Crippen molar-refractivity contribution in [3.05, 3.63) is 28.0 Å². The van der Waals surface area contributed by atoms with Crippen LogP contribution < -0.4 is 5.32 Å². The van der Waals surface area contributed by atoms with Gasteiger partial charge >= 0.3 is 0 Å². The van der Waals surface area contributed by atoms with Crippen LogP contribution in [-0.4, -0.2) is 19.3 Å². The van der Waals surface area contributed by atoms with Gasteiger partial charge in [0.1, 0.15) is 6.07 Å². The first-order chi connectivity index (χ1) is 8.72. The standard InChI is InChI=1S/C13H14BrFN2O/c14-12-9(7-16)4-5-11(13(12)15)17-8-10-3-1-2-6-18-10/h4-5,10,17H,1-3,6,8H2. The number of nitriles is 1. The van der Waals surface area contributed by atoms with E-state index in [0.29, 0.717) is 17.8 Å². The average molecular weight is 313 g/mol. The summed E-state index contributed by atoms with van der Waals surface area (Å²) in [4.78, 5) is 0. The van der Waals surface area contributed by atoms with Crippen LogP contribution in [0.25, 0.3) is 0 Å². The third-order valence-electron chi connectivity index (χ3n) is 3.00. The van der Waals surface area contributed by atoms with E-state index < -0.39 is 5.82 Å². The van der Waals surface area contributed by atoms with Crippen LogP contribution in [0.2, 0.25) is 0 Å². The predicted octanol–water partition coefficient (Wildman–Crippen LogP) is 3.44. The van der Waals surface area contributed by atoms with E-state index in [1.165, 1.54) is 0 Å². The van der Waals surface area contributed by atoms with Crippen molar-refractivity contribution in [1.82, 2.24) is 0 Å². The van der Waals surface area contributed by atoms with Gasteiger partial charge in [-0.2, -0.15) is 5.26 Å². The summed E-state index contributed by atoms with van der Waals surface area (Å²) in [6.45, 7) is 1.38. The second-order valence-electron chi connectivity index (χ2n) is 4.27. The minimum absolute atomic E-state index is 0.146. The summed E-state index contributed by atoms with van der Waals surface area (Å²) in [5.41, 5.74) is 0.696. The van der Waals surface area contributed by atoms with E-state index in [-0.39, 0.29) is 10.6 Å². The van der Waals surface area contributed by atoms with Crippen molar-refractivity contribution in [2.24, 2.45) is 0 Å². The van der Waals surface area contributed by atoms with Crippen molar-refractivity contribution in [3.63, 3.8) is 0 Å². The molecule has 1 aliphatic heterocycles. The molecular formula is C13H14BrFN2O. The number of nitrogens with zero attached hydrogens (tertiary/aromatic N) is 1. The minimum atomic E-state index is -0.426. The number of benzene rings is 1. The third-order valence-corrected chi connectivity index (χ3v) is 3.77. The van der Waals surface area contributed by atoms with Gasteiger partial charge in [0.2, 0.25) is 0 Å². The molecule has 1 aliphatic rings. The fourth-order valence-electron chi connectivity index (χ4n) is 1.96. The second kappa shape index (κ2) is 6.17. The lowest BCUT2D eigenvalue weighted by Gasteiger charge is -2.23. The molecule has 0 aromatic heterocycles. The normalized spacial score (nSPS) is 19.3. The Hall–Kier alpha value is -1.12. The zero-order valence-electron chi connectivity index (χ0n) is 9.88. The SMILES string of the molecule is N#Cc1ccc(NCC2CCCCO2)c(F)c1Br. The van der Waals surface area contributed by atoms with Gasteiger partial charge in [0.15, 0.2) is 5.82 Å². The van der Waals surface area contributed by atoms with Gasteiger partial charge in [-0.05, 0) is 47.3 Å². The Morgan fingerprint density at radius 1 is 1.50 bits per heavy atom. The van der Waals surface area contributed by atoms with Crippen LogP contribution in [0.1, 0.15) is 24.8 Å². The molecule has 1 aromatic rings. The predicted molar refractivity (Wildman–Crippen MR) is 70.9 cm³/mol. The molecule has 1 fully saturated rings. The second-order valence-corrected chi connectivity index (χ2v) is 5.06. The molecule has 2 rings (SSSR count). The molecule has 5 heteroatoms. The first-order valence-electron chi connectivity index (χ1n) is 5.96. The monoisotopic (exact) mass is 312 g/mol. The molecule has 0 radical (unpaired) electrons. The Morgan fingerprint density at radius 2 is 2.33 bits per heavy atom. The summed E-state index contributed by atoms with van der Waals surface area (Å²) in [5.74, 6) is -0.426. The zero-order valence-corrected chi connectivity index (χ0v) is 11.5. The van der Waals surface area contributed by atoms with Gasteiger partial charge in [0.05, 0.1) is 21.8 Å². The van der Waals surface area contributed by atoms with Crippen LogP contribution in [0.15, 0.2) is 16.6 Å². The molecular weight excluding hydrogens is 299 g/mol. The molecule has 0 amide bonds. The number of hydrogen-bond donors (Lipinski definition) is 1. The van der Waals surface area contributed by atoms with Crippen molar-refractivity contribution < 1.29 is 9.13 Å². The van der Waals surface area contributed by atoms with Gasteiger partial charge in [-0.25, -0.2) is 4.39 Å². The van der Waals surface area contributed by atoms with Crippen molar-refractivity contribution in [1.29, 1.82) is 5.26 Å². The molecule has 18 heavy (non-hydrogen) atoms. The smallest absolute Gasteiger partial charge is 0.161 e. The minimum Gasteiger partial charge on any atom is -0.380 e. The lowest BCUT2D eigenvalue weighted by atomic mass is 10.1. The molecule has 0 aliphatic carbocycles. The van der Waals surface area contributed by atoms with Gasteiger partial charge < -0.3 is 10.1 Å². The Labute approximate surface area is 114 Å². The van der Waals surface area contributed by atoms with Crippen molar-refractivity contribution in [2.45, 2.75) is 25.4 Å². The molecule has 96 valence electrons. The maximum absolute atomic E-state index is 13.9. The number of rotatable bonds is 3. The molecule has 1 heterocycles. The molecule has 1 N–H and O–H groups in total. The Balaban J connectivity index is 2.01. The van der Waals surface area contributed by atoms with Gasteiger partial charge in [0, 0.05) is 13.2 Å². The summed E-state index contributed by atoms with van der Waals surface area (Å²) in [7, 11) is 0. The van der Waals surface area contributed by atoms with Crippen molar-refractivity contribution in [3.8, 4) is 6.07 Å². The van der Waals surface area contributed by atoms with Gasteiger partial charge in [-0.15, -0.1) is 0 Å². The zero-order chi connectivity index (χ0) is 13.0. The highest BCUT2D eigenvalue weighted by atomic mass is 79.9. The summed E-state index contributed by atoms with van der Waals surface area (Å²) >= 11 is 3.09. The molecule has 1 saturated heterocycles. The maximum atomic E-state index is 13.9. The average Bonchev–Trinajstić information content (AvgIpc) is 2.42. The van der Waals surface area contributed by atoms with Crippen molar-refractivity contribution >= 4 is 21.6 Å². The highest BCUT2D eigenvalue weighted by Gasteiger charge is 2.15. The third kappa shape index (κ3) is 3.01. The van der Waals surface area contributed by atoms with Crippen LogP contribution in [0.3, 0.4) is 0 Å². The number of nitrogens with one attached hydrogen (secondary N) is 1. The number of halogens is 2. The molecule has 1 atom stereocenters. The maximum Gasteiger partial charge on any atom is 0.161 e. The van der Waals surface area contributed by atoms with E-state index in [0.717, 1.165) is 25.9 Å². The highest BCUT2D eigenvalue weighted by molar-refractivity contribution is 9.10. The topological polar surface area (TPSA) is 45.0 Å². The van der Waals surface area contributed by atoms with Crippen LogP contribution in [0.4, 0.5) is 10.1 Å². The fraction of sp³-hybridized carbons (Fsp3) is 0.462. The quantitative estimate of drug-likeness (QED) is 0.930. The first kappa shape index (κ1) is 13.3. The molecule has 3 nitrogen and oxygen atoms in total. The van der Waals surface area contributed by atoms with Crippen LogP contribution in [0.5, 0.6) is 0 Å². The summed E-state index contributed by atoms with van der Waals surface area (Å²) in [6.07, 6.45) is 3.41. The Morgan fingerprint density at radius 3 is 3.00 bits per heavy atom. The largest absolute Gasteiger partial charge is 0.380 e.